The Morgan fingerprint density at radius 2 is 2.09 bits per heavy atom. The van der Waals surface area contributed by atoms with Gasteiger partial charge in [0.25, 0.3) is 5.56 Å². The lowest BCUT2D eigenvalue weighted by Gasteiger charge is -2.04. The van der Waals surface area contributed by atoms with Gasteiger partial charge in [-0.25, -0.2) is 4.98 Å². The van der Waals surface area contributed by atoms with Crippen LogP contribution in [-0.4, -0.2) is 9.55 Å². The van der Waals surface area contributed by atoms with Crippen molar-refractivity contribution in [3.8, 4) is 0 Å². The van der Waals surface area contributed by atoms with Gasteiger partial charge in [0, 0.05) is 15.0 Å². The highest BCUT2D eigenvalue weighted by atomic mass is 127. The number of fused-ring (bicyclic) bond motifs is 2. The van der Waals surface area contributed by atoms with Gasteiger partial charge < -0.3 is 0 Å². The number of thiophene rings is 1. The van der Waals surface area contributed by atoms with Crippen LogP contribution in [0, 0.1) is 17.4 Å². The molecule has 5 heteroatoms. The number of rotatable bonds is 1. The first-order valence-corrected chi connectivity index (χ1v) is 9.42. The lowest BCUT2D eigenvalue weighted by molar-refractivity contribution is 0.726. The maximum Gasteiger partial charge on any atom is 0.262 e. The molecule has 1 aliphatic heterocycles. The molecule has 0 spiro atoms. The van der Waals surface area contributed by atoms with Crippen LogP contribution in [0.1, 0.15) is 28.2 Å². The summed E-state index contributed by atoms with van der Waals surface area (Å²) in [7, 11) is 0. The number of aromatic nitrogens is 2. The first kappa shape index (κ1) is 15.1. The topological polar surface area (TPSA) is 34.9 Å². The lowest BCUT2D eigenvalue weighted by Crippen LogP contribution is -2.20. The highest BCUT2D eigenvalue weighted by molar-refractivity contribution is 14.1. The molecule has 3 aromatic rings. The third-order valence-corrected chi connectivity index (χ3v) is 6.50. The molecule has 0 unspecified atom stereocenters. The second-order valence-electron chi connectivity index (χ2n) is 5.80. The van der Waals surface area contributed by atoms with E-state index < -0.39 is 0 Å². The van der Waals surface area contributed by atoms with Gasteiger partial charge in [-0.05, 0) is 71.7 Å². The summed E-state index contributed by atoms with van der Waals surface area (Å²) >= 11 is 3.96. The molecule has 1 aromatic carbocycles. The van der Waals surface area contributed by atoms with Crippen molar-refractivity contribution in [3.05, 3.63) is 60.0 Å². The molecule has 0 bridgehead atoms. The Labute approximate surface area is 151 Å². The predicted molar refractivity (Wildman–Crippen MR) is 105 cm³/mol. The zero-order valence-corrected chi connectivity index (χ0v) is 15.9. The molecule has 2 aromatic heterocycles. The van der Waals surface area contributed by atoms with E-state index in [1.807, 2.05) is 23.6 Å². The van der Waals surface area contributed by atoms with E-state index in [9.17, 15) is 4.79 Å². The van der Waals surface area contributed by atoms with Crippen molar-refractivity contribution in [1.29, 1.82) is 0 Å². The highest BCUT2D eigenvalue weighted by Gasteiger charge is 2.23. The van der Waals surface area contributed by atoms with E-state index in [-0.39, 0.29) is 5.56 Å². The Morgan fingerprint density at radius 1 is 1.30 bits per heavy atom. The average Bonchev–Trinajstić information content (AvgIpc) is 3.05. The van der Waals surface area contributed by atoms with Gasteiger partial charge in [0.05, 0.1) is 5.39 Å². The lowest BCUT2D eigenvalue weighted by atomic mass is 10.1. The van der Waals surface area contributed by atoms with Crippen LogP contribution in [0.2, 0.25) is 0 Å². The molecular formula is C18H15IN2OS. The molecule has 0 saturated carbocycles. The third-order valence-electron chi connectivity index (χ3n) is 4.42. The van der Waals surface area contributed by atoms with Crippen molar-refractivity contribution < 1.29 is 0 Å². The van der Waals surface area contributed by atoms with Crippen molar-refractivity contribution in [2.24, 2.45) is 0 Å². The van der Waals surface area contributed by atoms with Crippen LogP contribution in [-0.2, 0) is 6.54 Å². The first-order chi connectivity index (χ1) is 11.1. The van der Waals surface area contributed by atoms with Crippen LogP contribution in [0.4, 0.5) is 0 Å². The number of nitrogens with zero attached hydrogens (tertiary/aromatic N) is 2. The smallest absolute Gasteiger partial charge is 0.262 e. The minimum Gasteiger partial charge on any atom is -0.292 e. The van der Waals surface area contributed by atoms with Crippen LogP contribution < -0.4 is 5.56 Å². The highest BCUT2D eigenvalue weighted by Crippen LogP contribution is 2.32. The molecule has 23 heavy (non-hydrogen) atoms. The van der Waals surface area contributed by atoms with Gasteiger partial charge in [0.1, 0.15) is 10.7 Å². The van der Waals surface area contributed by atoms with Crippen molar-refractivity contribution in [2.75, 3.05) is 0 Å². The van der Waals surface area contributed by atoms with E-state index in [2.05, 4.69) is 47.7 Å². The summed E-state index contributed by atoms with van der Waals surface area (Å²) in [6.45, 7) is 4.79. The number of halogens is 1. The second kappa shape index (κ2) is 5.56. The van der Waals surface area contributed by atoms with Crippen LogP contribution in [0.3, 0.4) is 0 Å². The zero-order valence-electron chi connectivity index (χ0n) is 12.9. The van der Waals surface area contributed by atoms with Crippen molar-refractivity contribution in [3.63, 3.8) is 0 Å². The van der Waals surface area contributed by atoms with Gasteiger partial charge in [0.15, 0.2) is 0 Å². The summed E-state index contributed by atoms with van der Waals surface area (Å²) in [5.74, 6) is 0.836. The quantitative estimate of drug-likeness (QED) is 0.524. The van der Waals surface area contributed by atoms with Crippen molar-refractivity contribution in [2.45, 2.75) is 26.8 Å². The first-order valence-electron chi connectivity index (χ1n) is 7.52. The summed E-state index contributed by atoms with van der Waals surface area (Å²) in [4.78, 5) is 19.7. The normalized spacial score (nSPS) is 15.5. The summed E-state index contributed by atoms with van der Waals surface area (Å²) < 4.78 is 3.05. The number of aryl methyl sites for hydroxylation is 2. The minimum atomic E-state index is 0.109. The fourth-order valence-electron chi connectivity index (χ4n) is 3.04. The second-order valence-corrected chi connectivity index (χ2v) is 8.16. The fraction of sp³-hybridized carbons (Fsp3) is 0.222. The van der Waals surface area contributed by atoms with Crippen LogP contribution in [0.5, 0.6) is 0 Å². The van der Waals surface area contributed by atoms with E-state index >= 15 is 0 Å². The number of hydrogen-bond acceptors (Lipinski definition) is 3. The SMILES string of the molecule is Cc1sc2nc3n(c(=O)c2c1C)CC/C3=C\c1ccccc1I. The van der Waals surface area contributed by atoms with Gasteiger partial charge >= 0.3 is 0 Å². The van der Waals surface area contributed by atoms with E-state index in [1.165, 1.54) is 14.0 Å². The molecule has 0 atom stereocenters. The molecule has 0 fully saturated rings. The van der Waals surface area contributed by atoms with Gasteiger partial charge in [-0.15, -0.1) is 11.3 Å². The van der Waals surface area contributed by atoms with Gasteiger partial charge in [-0.2, -0.15) is 0 Å². The molecule has 0 aliphatic carbocycles. The monoisotopic (exact) mass is 434 g/mol. The molecule has 4 rings (SSSR count). The van der Waals surface area contributed by atoms with Crippen LogP contribution >= 0.6 is 33.9 Å². The van der Waals surface area contributed by atoms with Crippen LogP contribution in [0.15, 0.2) is 29.1 Å². The van der Waals surface area contributed by atoms with Crippen molar-refractivity contribution >= 4 is 55.8 Å². The summed E-state index contributed by atoms with van der Waals surface area (Å²) in [5, 5.41) is 0.798. The Bertz CT molecular complexity index is 1030. The van der Waals surface area contributed by atoms with Crippen molar-refractivity contribution in [1.82, 2.24) is 9.55 Å². The third kappa shape index (κ3) is 2.37. The van der Waals surface area contributed by atoms with E-state index in [0.29, 0.717) is 0 Å². The number of benzene rings is 1. The van der Waals surface area contributed by atoms with Gasteiger partial charge in [0.2, 0.25) is 0 Å². The Hall–Kier alpha value is -1.47. The molecule has 1 aliphatic rings. The Kier molecular flexibility index (Phi) is 3.65. The van der Waals surface area contributed by atoms with Gasteiger partial charge in [-0.1, -0.05) is 18.2 Å². The Morgan fingerprint density at radius 3 is 2.87 bits per heavy atom. The Balaban J connectivity index is 1.94. The number of hydrogen-bond donors (Lipinski definition) is 0. The van der Waals surface area contributed by atoms with Gasteiger partial charge in [-0.3, -0.25) is 9.36 Å². The summed E-state index contributed by atoms with van der Waals surface area (Å²) in [6, 6.07) is 8.28. The maximum absolute atomic E-state index is 12.8. The molecule has 0 N–H and O–H groups in total. The predicted octanol–water partition coefficient (Wildman–Crippen LogP) is 4.62. The minimum absolute atomic E-state index is 0.109. The maximum atomic E-state index is 12.8. The molecule has 3 nitrogen and oxygen atoms in total. The molecule has 0 amide bonds. The largest absolute Gasteiger partial charge is 0.292 e. The average molecular weight is 434 g/mol. The summed E-state index contributed by atoms with van der Waals surface area (Å²) in [6.07, 6.45) is 3.04. The van der Waals surface area contributed by atoms with Crippen LogP contribution in [0.25, 0.3) is 21.9 Å². The molecule has 116 valence electrons. The van der Waals surface area contributed by atoms with E-state index in [4.69, 9.17) is 4.98 Å². The summed E-state index contributed by atoms with van der Waals surface area (Å²) in [5.41, 5.74) is 3.52. The van der Waals surface area contributed by atoms with E-state index in [0.717, 1.165) is 40.1 Å². The fourth-order valence-corrected chi connectivity index (χ4v) is 4.60. The standard InChI is InChI=1S/C18H15IN2OS/c1-10-11(2)23-17-15(10)18(22)21-8-7-13(16(21)20-17)9-12-5-3-4-6-14(12)19/h3-6,9H,7-8H2,1-2H3/b13-9+. The number of allylic oxidation sites excluding steroid dienone is 1. The van der Waals surface area contributed by atoms with E-state index in [1.54, 1.807) is 11.3 Å². The molecular weight excluding hydrogens is 419 g/mol. The molecule has 3 heterocycles. The molecule has 0 saturated heterocycles. The zero-order chi connectivity index (χ0) is 16.1. The molecule has 0 radical (unpaired) electrons.